The van der Waals surface area contributed by atoms with Gasteiger partial charge < -0.3 is 38.8 Å². The number of pyridine rings is 1. The van der Waals surface area contributed by atoms with Gasteiger partial charge in [0.1, 0.15) is 23.5 Å². The number of hydrogen-bond acceptors (Lipinski definition) is 10. The summed E-state index contributed by atoms with van der Waals surface area (Å²) >= 11 is 0. The molecule has 4 saturated carbocycles. The van der Waals surface area contributed by atoms with Crippen molar-refractivity contribution >= 4 is 34.3 Å². The molecule has 316 valence electrons. The lowest BCUT2D eigenvalue weighted by atomic mass is 9.45. The minimum atomic E-state index is -1.70. The topological polar surface area (TPSA) is 148 Å². The molecule has 0 bridgehead atoms. The summed E-state index contributed by atoms with van der Waals surface area (Å²) in [5, 5.41) is 24.2. The lowest BCUT2D eigenvalue weighted by Crippen LogP contribution is -2.62. The molecule has 58 heavy (non-hydrogen) atoms. The van der Waals surface area contributed by atoms with E-state index >= 15 is 4.39 Å². The number of allylic oxidation sites excluding steroid dienone is 1. The van der Waals surface area contributed by atoms with Crippen LogP contribution >= 0.6 is 0 Å². The molecule has 12 nitrogen and oxygen atoms in total. The highest BCUT2D eigenvalue weighted by atomic mass is 19.1. The maximum Gasteiger partial charge on any atom is 0.410 e. The predicted molar refractivity (Wildman–Crippen MR) is 215 cm³/mol. The van der Waals surface area contributed by atoms with Crippen LogP contribution in [0.15, 0.2) is 28.7 Å². The zero-order valence-corrected chi connectivity index (χ0v) is 35.1. The number of nitrogens with zero attached hydrogens (tertiary/aromatic N) is 3. The molecule has 1 amide bonds. The summed E-state index contributed by atoms with van der Waals surface area (Å²) in [6.07, 6.45) is 8.09. The highest BCUT2D eigenvalue weighted by Gasteiger charge is 2.68. The zero-order valence-electron chi connectivity index (χ0n) is 35.1. The molecule has 2 heterocycles. The van der Waals surface area contributed by atoms with Crippen molar-refractivity contribution in [3.63, 3.8) is 0 Å². The quantitative estimate of drug-likeness (QED) is 0.314. The third-order valence-corrected chi connectivity index (χ3v) is 15.0. The van der Waals surface area contributed by atoms with Crippen LogP contribution in [0.3, 0.4) is 0 Å². The number of aromatic nitrogens is 1. The number of aliphatic hydroxyl groups is 2. The van der Waals surface area contributed by atoms with Crippen molar-refractivity contribution in [2.24, 2.45) is 28.6 Å². The Balaban J connectivity index is 1.01. The van der Waals surface area contributed by atoms with Crippen molar-refractivity contribution in [1.82, 2.24) is 9.47 Å². The van der Waals surface area contributed by atoms with E-state index in [1.165, 1.54) is 13.2 Å². The minimum Gasteiger partial charge on any atom is -0.492 e. The van der Waals surface area contributed by atoms with Gasteiger partial charge in [-0.05, 0) is 114 Å². The first-order chi connectivity index (χ1) is 27.3. The Hall–Kier alpha value is -3.81. The molecular weight excluding hydrogens is 746 g/mol. The van der Waals surface area contributed by atoms with Gasteiger partial charge in [-0.25, -0.2) is 9.18 Å². The molecule has 2 N–H and O–H groups in total. The fourth-order valence-corrected chi connectivity index (χ4v) is 12.0. The van der Waals surface area contributed by atoms with Gasteiger partial charge in [0, 0.05) is 55.3 Å². The maximum absolute atomic E-state index is 16.3. The maximum atomic E-state index is 16.3. The normalized spacial score (nSPS) is 33.7. The Morgan fingerprint density at radius 1 is 1.05 bits per heavy atom. The van der Waals surface area contributed by atoms with E-state index in [9.17, 15) is 29.4 Å². The molecule has 5 aliphatic carbocycles. The number of piperazine rings is 1. The van der Waals surface area contributed by atoms with Crippen LogP contribution in [0.25, 0.3) is 10.9 Å². The molecule has 1 saturated heterocycles. The SMILES string of the molecule is COc1c(N2CCN(C(=O)OC(C)(C)C)C(C)C2)c(F)cc2c(=O)c(COCC(=O)C3(O)CCC4C5CCC6=CC(=O)CCC6(C)C5C(O)CC43C)cn(C3CC3)c12. The van der Waals surface area contributed by atoms with E-state index in [-0.39, 0.29) is 82.9 Å². The molecule has 1 aromatic carbocycles. The first-order valence-electron chi connectivity index (χ1n) is 21.3. The summed E-state index contributed by atoms with van der Waals surface area (Å²) < 4.78 is 35.7. The number of fused-ring (bicyclic) bond motifs is 6. The van der Waals surface area contributed by atoms with Gasteiger partial charge in [-0.2, -0.15) is 0 Å². The largest absolute Gasteiger partial charge is 0.492 e. The molecule has 8 rings (SSSR count). The Labute approximate surface area is 339 Å². The van der Waals surface area contributed by atoms with Gasteiger partial charge in [0.05, 0.1) is 30.7 Å². The summed E-state index contributed by atoms with van der Waals surface area (Å²) in [7, 11) is 1.47. The average molecular weight is 806 g/mol. The van der Waals surface area contributed by atoms with Crippen LogP contribution in [-0.2, 0) is 25.7 Å². The molecule has 13 heteroatoms. The van der Waals surface area contributed by atoms with E-state index in [1.807, 2.05) is 44.1 Å². The third kappa shape index (κ3) is 6.58. The van der Waals surface area contributed by atoms with E-state index in [2.05, 4.69) is 6.92 Å². The Bertz CT molecular complexity index is 2120. The number of halogens is 1. The van der Waals surface area contributed by atoms with Gasteiger partial charge in [0.15, 0.2) is 28.6 Å². The number of amides is 1. The predicted octanol–water partition coefficient (Wildman–Crippen LogP) is 6.25. The molecule has 6 aliphatic rings. The molecule has 8 unspecified atom stereocenters. The molecule has 0 spiro atoms. The molecule has 8 atom stereocenters. The number of carbonyl (C=O) groups is 3. The van der Waals surface area contributed by atoms with Gasteiger partial charge >= 0.3 is 6.09 Å². The molecular formula is C45H60FN3O9. The number of anilines is 1. The van der Waals surface area contributed by atoms with Gasteiger partial charge in [-0.3, -0.25) is 14.4 Å². The van der Waals surface area contributed by atoms with Crippen LogP contribution in [0.1, 0.15) is 111 Å². The van der Waals surface area contributed by atoms with Crippen LogP contribution in [-0.4, -0.2) is 94.0 Å². The number of ether oxygens (including phenoxy) is 3. The number of ketones is 2. The Kier molecular flexibility index (Phi) is 10.2. The summed E-state index contributed by atoms with van der Waals surface area (Å²) in [5.41, 5.74) is -1.79. The van der Waals surface area contributed by atoms with Crippen molar-refractivity contribution in [3.8, 4) is 5.75 Å². The second-order valence-electron chi connectivity index (χ2n) is 19.6. The highest BCUT2D eigenvalue weighted by molar-refractivity contribution is 5.93. The van der Waals surface area contributed by atoms with E-state index in [0.29, 0.717) is 44.4 Å². The molecule has 1 aromatic heterocycles. The second kappa shape index (κ2) is 14.4. The van der Waals surface area contributed by atoms with Crippen LogP contribution in [0.5, 0.6) is 5.75 Å². The zero-order chi connectivity index (χ0) is 41.7. The van der Waals surface area contributed by atoms with Crippen LogP contribution < -0.4 is 15.1 Å². The van der Waals surface area contributed by atoms with Crippen molar-refractivity contribution in [2.75, 3.05) is 38.3 Å². The first-order valence-corrected chi connectivity index (χ1v) is 21.3. The van der Waals surface area contributed by atoms with Crippen LogP contribution in [0.4, 0.5) is 14.9 Å². The summed E-state index contributed by atoms with van der Waals surface area (Å²) in [5.74, 6) is -0.566. The van der Waals surface area contributed by atoms with E-state index in [1.54, 1.807) is 17.2 Å². The van der Waals surface area contributed by atoms with E-state index in [0.717, 1.165) is 31.3 Å². The number of rotatable bonds is 8. The fourth-order valence-electron chi connectivity index (χ4n) is 12.0. The standard InChI is InChI=1S/C45H60FN3O9/c1-25-21-47(16-17-48(25)41(54)58-42(2,3)4)38-33(46)19-31-37(40(38)56-7)49(28-9-10-28)22-26(39(31)53)23-57-24-35(52)45(55)15-13-32-30-11-8-27-18-29(50)12-14-43(27,5)36(30)34(51)20-44(32,45)6/h18-19,22,25,28,30,32,34,36,51,55H,8-17,20-21,23-24H2,1-7H3. The van der Waals surface area contributed by atoms with Gasteiger partial charge in [0.25, 0.3) is 0 Å². The van der Waals surface area contributed by atoms with Gasteiger partial charge in [-0.15, -0.1) is 0 Å². The number of methoxy groups -OCH3 is 1. The lowest BCUT2D eigenvalue weighted by molar-refractivity contribution is -0.183. The Morgan fingerprint density at radius 2 is 1.79 bits per heavy atom. The summed E-state index contributed by atoms with van der Waals surface area (Å²) in [6.45, 7) is 11.8. The van der Waals surface area contributed by atoms with Gasteiger partial charge in [-0.1, -0.05) is 19.4 Å². The lowest BCUT2D eigenvalue weighted by Gasteiger charge is -2.60. The molecule has 2 aromatic rings. The van der Waals surface area contributed by atoms with Gasteiger partial charge in [0.2, 0.25) is 0 Å². The van der Waals surface area contributed by atoms with Crippen LogP contribution in [0, 0.1) is 34.4 Å². The molecule has 1 aliphatic heterocycles. The fraction of sp³-hybridized carbons (Fsp3) is 0.689. The van der Waals surface area contributed by atoms with Crippen molar-refractivity contribution < 1.29 is 43.2 Å². The summed E-state index contributed by atoms with van der Waals surface area (Å²) in [6, 6.07) is 1.05. The second-order valence-corrected chi connectivity index (χ2v) is 19.6. The number of carbonyl (C=O) groups excluding carboxylic acids is 3. The van der Waals surface area contributed by atoms with Crippen molar-refractivity contribution in [1.29, 1.82) is 0 Å². The first kappa shape index (κ1) is 40.9. The minimum absolute atomic E-state index is 0.0314. The van der Waals surface area contributed by atoms with E-state index < -0.39 is 52.5 Å². The number of aliphatic hydroxyl groups excluding tert-OH is 1. The number of Topliss-reactive ketones (excluding diaryl/α,β-unsaturated/α-hetero) is 1. The Morgan fingerprint density at radius 3 is 2.47 bits per heavy atom. The monoisotopic (exact) mass is 805 g/mol. The number of hydrogen-bond donors (Lipinski definition) is 2. The highest BCUT2D eigenvalue weighted by Crippen LogP contribution is 2.67. The molecule has 0 radical (unpaired) electrons. The third-order valence-electron chi connectivity index (χ3n) is 15.0. The van der Waals surface area contributed by atoms with Crippen molar-refractivity contribution in [2.45, 2.75) is 135 Å². The molecule has 5 fully saturated rings. The van der Waals surface area contributed by atoms with E-state index in [4.69, 9.17) is 14.2 Å². The number of benzene rings is 1. The average Bonchev–Trinajstić information content (AvgIpc) is 3.96. The smallest absolute Gasteiger partial charge is 0.410 e. The van der Waals surface area contributed by atoms with Crippen molar-refractivity contribution in [3.05, 3.63) is 45.5 Å². The van der Waals surface area contributed by atoms with Crippen LogP contribution in [0.2, 0.25) is 0 Å². The summed E-state index contributed by atoms with van der Waals surface area (Å²) in [4.78, 5) is 56.8.